The van der Waals surface area contributed by atoms with E-state index in [1.807, 2.05) is 13.8 Å². The lowest BCUT2D eigenvalue weighted by Crippen LogP contribution is -2.10. The van der Waals surface area contributed by atoms with Crippen LogP contribution in [0.2, 0.25) is 0 Å². The molecule has 2 aromatic carbocycles. The molecule has 0 spiro atoms. The maximum Gasteiger partial charge on any atom is 0.344 e. The number of carbonyl (C=O) groups excluding carboxylic acids is 1. The van der Waals surface area contributed by atoms with Crippen molar-refractivity contribution in [3.8, 4) is 17.2 Å². The van der Waals surface area contributed by atoms with Gasteiger partial charge in [0.05, 0.1) is 24.7 Å². The van der Waals surface area contributed by atoms with Crippen molar-refractivity contribution in [3.05, 3.63) is 57.6 Å². The third-order valence-corrected chi connectivity index (χ3v) is 3.64. The van der Waals surface area contributed by atoms with Crippen LogP contribution in [0.5, 0.6) is 17.2 Å². The van der Waals surface area contributed by atoms with E-state index in [0.717, 1.165) is 5.56 Å². The monoisotopic (exact) mass is 345 g/mol. The molecular formula is C18H19NO6. The number of hydrogen-bond donors (Lipinski definition) is 0. The predicted molar refractivity (Wildman–Crippen MR) is 91.7 cm³/mol. The summed E-state index contributed by atoms with van der Waals surface area (Å²) in [7, 11) is 2.92. The molecule has 0 fully saturated rings. The number of methoxy groups -OCH3 is 2. The second-order valence-electron chi connectivity index (χ2n) is 5.63. The molecule has 0 amide bonds. The van der Waals surface area contributed by atoms with E-state index in [2.05, 4.69) is 0 Å². The Morgan fingerprint density at radius 1 is 1.04 bits per heavy atom. The van der Waals surface area contributed by atoms with Crippen LogP contribution in [0.25, 0.3) is 0 Å². The van der Waals surface area contributed by atoms with E-state index < -0.39 is 10.9 Å². The van der Waals surface area contributed by atoms with Crippen molar-refractivity contribution < 1.29 is 23.9 Å². The summed E-state index contributed by atoms with van der Waals surface area (Å²) in [6.45, 7) is 3.89. The summed E-state index contributed by atoms with van der Waals surface area (Å²) < 4.78 is 15.5. The quantitative estimate of drug-likeness (QED) is 0.341. The summed E-state index contributed by atoms with van der Waals surface area (Å²) >= 11 is 0. The number of rotatable bonds is 6. The number of nitrogens with zero attached hydrogens (tertiary/aromatic N) is 1. The smallest absolute Gasteiger partial charge is 0.344 e. The maximum atomic E-state index is 12.5. The summed E-state index contributed by atoms with van der Waals surface area (Å²) in [5.74, 6) is 0.132. The lowest BCUT2D eigenvalue weighted by molar-refractivity contribution is -0.385. The molecule has 0 aliphatic carbocycles. The Balaban J connectivity index is 2.40. The van der Waals surface area contributed by atoms with Gasteiger partial charge in [-0.3, -0.25) is 10.1 Å². The molecule has 25 heavy (non-hydrogen) atoms. The molecule has 0 atom stereocenters. The first kappa shape index (κ1) is 18.3. The van der Waals surface area contributed by atoms with Gasteiger partial charge in [-0.2, -0.15) is 0 Å². The van der Waals surface area contributed by atoms with E-state index >= 15 is 0 Å². The Hall–Kier alpha value is -3.09. The van der Waals surface area contributed by atoms with E-state index in [4.69, 9.17) is 14.2 Å². The van der Waals surface area contributed by atoms with Gasteiger partial charge in [0.25, 0.3) is 0 Å². The van der Waals surface area contributed by atoms with Gasteiger partial charge in [0.2, 0.25) is 5.75 Å². The van der Waals surface area contributed by atoms with Gasteiger partial charge in [-0.25, -0.2) is 4.79 Å². The number of benzene rings is 2. The number of carbonyl (C=O) groups is 1. The Morgan fingerprint density at radius 3 is 2.12 bits per heavy atom. The SMILES string of the molecule is COc1cc(OC)cc(C(=O)Oc2cc(C(C)C)ccc2[N+](=O)[O-])c1. The van der Waals surface area contributed by atoms with Crippen molar-refractivity contribution >= 4 is 11.7 Å². The van der Waals surface area contributed by atoms with Gasteiger partial charge in [0.1, 0.15) is 11.5 Å². The van der Waals surface area contributed by atoms with Crippen LogP contribution in [0.3, 0.4) is 0 Å². The fourth-order valence-corrected chi connectivity index (χ4v) is 2.21. The minimum absolute atomic E-state index is 0.0945. The topological polar surface area (TPSA) is 87.9 Å². The van der Waals surface area contributed by atoms with Crippen LogP contribution in [-0.2, 0) is 0 Å². The molecule has 0 saturated heterocycles. The first-order valence-electron chi connectivity index (χ1n) is 7.59. The zero-order valence-electron chi connectivity index (χ0n) is 14.4. The fourth-order valence-electron chi connectivity index (χ4n) is 2.21. The molecule has 0 aliphatic rings. The first-order chi connectivity index (χ1) is 11.8. The summed E-state index contributed by atoms with van der Waals surface area (Å²) in [5.41, 5.74) is 0.727. The highest BCUT2D eigenvalue weighted by Crippen LogP contribution is 2.32. The second kappa shape index (κ2) is 7.65. The molecule has 2 aromatic rings. The molecule has 0 heterocycles. The van der Waals surface area contributed by atoms with E-state index in [0.29, 0.717) is 11.5 Å². The Labute approximate surface area is 145 Å². The highest BCUT2D eigenvalue weighted by atomic mass is 16.6. The zero-order chi connectivity index (χ0) is 18.6. The van der Waals surface area contributed by atoms with Gasteiger partial charge in [-0.15, -0.1) is 0 Å². The summed E-state index contributed by atoms with van der Waals surface area (Å²) in [6, 6.07) is 9.06. The molecule has 0 bridgehead atoms. The van der Waals surface area contributed by atoms with Crippen LogP contribution in [-0.4, -0.2) is 25.1 Å². The van der Waals surface area contributed by atoms with Crippen molar-refractivity contribution in [3.63, 3.8) is 0 Å². The molecule has 2 rings (SSSR count). The van der Waals surface area contributed by atoms with Gasteiger partial charge in [-0.1, -0.05) is 19.9 Å². The normalized spacial score (nSPS) is 10.4. The molecule has 7 nitrogen and oxygen atoms in total. The molecular weight excluding hydrogens is 326 g/mol. The number of hydrogen-bond acceptors (Lipinski definition) is 6. The standard InChI is InChI=1S/C18H19NO6/c1-11(2)12-5-6-16(19(21)22)17(9-12)25-18(20)13-7-14(23-3)10-15(8-13)24-4/h5-11H,1-4H3. The van der Waals surface area contributed by atoms with Crippen LogP contribution >= 0.6 is 0 Å². The third kappa shape index (κ3) is 4.26. The number of esters is 1. The molecule has 132 valence electrons. The molecule has 0 radical (unpaired) electrons. The average Bonchev–Trinajstić information content (AvgIpc) is 2.60. The first-order valence-corrected chi connectivity index (χ1v) is 7.59. The maximum absolute atomic E-state index is 12.5. The van der Waals surface area contributed by atoms with Crippen molar-refractivity contribution in [1.29, 1.82) is 0 Å². The van der Waals surface area contributed by atoms with E-state index in [1.165, 1.54) is 38.5 Å². The molecule has 7 heteroatoms. The van der Waals surface area contributed by atoms with E-state index in [9.17, 15) is 14.9 Å². The third-order valence-electron chi connectivity index (χ3n) is 3.64. The van der Waals surface area contributed by atoms with Crippen LogP contribution in [0, 0.1) is 10.1 Å². The van der Waals surface area contributed by atoms with Gasteiger partial charge in [0.15, 0.2) is 0 Å². The fraction of sp³-hybridized carbons (Fsp3) is 0.278. The van der Waals surface area contributed by atoms with Gasteiger partial charge < -0.3 is 14.2 Å². The Bertz CT molecular complexity index is 778. The van der Waals surface area contributed by atoms with Crippen LogP contribution in [0.4, 0.5) is 5.69 Å². The zero-order valence-corrected chi connectivity index (χ0v) is 14.4. The average molecular weight is 345 g/mol. The van der Waals surface area contributed by atoms with Crippen molar-refractivity contribution in [1.82, 2.24) is 0 Å². The van der Waals surface area contributed by atoms with Gasteiger partial charge in [0, 0.05) is 12.1 Å². The lowest BCUT2D eigenvalue weighted by atomic mass is 10.0. The van der Waals surface area contributed by atoms with E-state index in [-0.39, 0.29) is 22.9 Å². The number of nitro benzene ring substituents is 1. The molecule has 0 aromatic heterocycles. The predicted octanol–water partition coefficient (Wildman–Crippen LogP) is 3.95. The lowest BCUT2D eigenvalue weighted by Gasteiger charge is -2.11. The molecule has 0 N–H and O–H groups in total. The summed E-state index contributed by atoms with van der Waals surface area (Å²) in [6.07, 6.45) is 0. The van der Waals surface area contributed by atoms with Crippen LogP contribution < -0.4 is 14.2 Å². The highest BCUT2D eigenvalue weighted by Gasteiger charge is 2.21. The van der Waals surface area contributed by atoms with Crippen LogP contribution in [0.1, 0.15) is 35.7 Å². The van der Waals surface area contributed by atoms with Gasteiger partial charge >= 0.3 is 11.7 Å². The Morgan fingerprint density at radius 2 is 1.64 bits per heavy atom. The second-order valence-corrected chi connectivity index (χ2v) is 5.63. The Kier molecular flexibility index (Phi) is 5.59. The van der Waals surface area contributed by atoms with E-state index in [1.54, 1.807) is 12.1 Å². The highest BCUT2D eigenvalue weighted by molar-refractivity contribution is 5.92. The van der Waals surface area contributed by atoms with Crippen molar-refractivity contribution in [2.75, 3.05) is 14.2 Å². The molecule has 0 saturated carbocycles. The number of ether oxygens (including phenoxy) is 3. The minimum Gasteiger partial charge on any atom is -0.497 e. The van der Waals surface area contributed by atoms with Gasteiger partial charge in [-0.05, 0) is 29.7 Å². The van der Waals surface area contributed by atoms with Crippen molar-refractivity contribution in [2.45, 2.75) is 19.8 Å². The molecule has 0 aliphatic heterocycles. The summed E-state index contributed by atoms with van der Waals surface area (Å²) in [5, 5.41) is 11.2. The minimum atomic E-state index is -0.735. The number of nitro groups is 1. The molecule has 0 unspecified atom stereocenters. The largest absolute Gasteiger partial charge is 0.497 e. The summed E-state index contributed by atoms with van der Waals surface area (Å²) in [4.78, 5) is 23.1. The van der Waals surface area contributed by atoms with Crippen LogP contribution in [0.15, 0.2) is 36.4 Å². The van der Waals surface area contributed by atoms with Crippen molar-refractivity contribution in [2.24, 2.45) is 0 Å².